The lowest BCUT2D eigenvalue weighted by atomic mass is 10.2. The van der Waals surface area contributed by atoms with Crippen LogP contribution in [0.3, 0.4) is 0 Å². The van der Waals surface area contributed by atoms with Gasteiger partial charge in [-0.25, -0.2) is 0 Å². The van der Waals surface area contributed by atoms with Gasteiger partial charge >= 0.3 is 0 Å². The molecular formula is C15H19N5O. The summed E-state index contributed by atoms with van der Waals surface area (Å²) < 4.78 is 0. The molecule has 6 nitrogen and oxygen atoms in total. The summed E-state index contributed by atoms with van der Waals surface area (Å²) in [5, 5.41) is 9.14. The van der Waals surface area contributed by atoms with Crippen LogP contribution in [0.4, 0.5) is 0 Å². The second-order valence-electron chi connectivity index (χ2n) is 5.22. The minimum atomic E-state index is -0.111. The molecule has 3 N–H and O–H groups in total. The highest BCUT2D eigenvalue weighted by atomic mass is 16.2. The number of nitrogens with zero attached hydrogens (tertiary/aromatic N) is 2. The fourth-order valence-corrected chi connectivity index (χ4v) is 2.11. The molecule has 21 heavy (non-hydrogen) atoms. The minimum absolute atomic E-state index is 0.102. The maximum Gasteiger partial charge on any atom is 0.267 e. The van der Waals surface area contributed by atoms with Crippen LogP contribution in [0.25, 0.3) is 0 Å². The van der Waals surface area contributed by atoms with Crippen LogP contribution in [-0.2, 0) is 11.2 Å². The molecule has 1 aliphatic heterocycles. The molecule has 6 heteroatoms. The number of nitrogens with one attached hydrogen (secondary N) is 3. The summed E-state index contributed by atoms with van der Waals surface area (Å²) in [7, 11) is 0. The summed E-state index contributed by atoms with van der Waals surface area (Å²) in [5.74, 6) is -0.111. The van der Waals surface area contributed by atoms with Gasteiger partial charge < -0.3 is 10.6 Å². The lowest BCUT2D eigenvalue weighted by Crippen LogP contribution is -2.38. The molecule has 0 radical (unpaired) electrons. The van der Waals surface area contributed by atoms with Crippen molar-refractivity contribution in [3.63, 3.8) is 0 Å². The van der Waals surface area contributed by atoms with Crippen molar-refractivity contribution in [2.45, 2.75) is 31.5 Å². The van der Waals surface area contributed by atoms with Gasteiger partial charge in [-0.3, -0.25) is 20.1 Å². The van der Waals surface area contributed by atoms with Crippen molar-refractivity contribution >= 4 is 12.2 Å². The standard InChI is InChI=1S/C15H19N5O/c21-15(17-8-6-11-3-1-2-7-16-11)13-9-14(19-10-18-13)20-12-4-5-12/h1-3,7,9-10,12,14,20H,4-6,8H2,(H,17,21)(H,18,19). The first-order chi connectivity index (χ1) is 10.3. The van der Waals surface area contributed by atoms with Gasteiger partial charge in [-0.1, -0.05) is 6.07 Å². The zero-order valence-electron chi connectivity index (χ0n) is 11.7. The molecule has 1 saturated carbocycles. The van der Waals surface area contributed by atoms with Crippen LogP contribution in [-0.4, -0.2) is 36.0 Å². The van der Waals surface area contributed by atoms with Gasteiger partial charge in [0.1, 0.15) is 11.9 Å². The molecule has 3 rings (SSSR count). The Morgan fingerprint density at radius 2 is 2.29 bits per heavy atom. The second-order valence-corrected chi connectivity index (χ2v) is 5.22. The highest BCUT2D eigenvalue weighted by Gasteiger charge is 2.25. The number of aromatic nitrogens is 1. The summed E-state index contributed by atoms with van der Waals surface area (Å²) >= 11 is 0. The first kappa shape index (κ1) is 13.8. The number of hydrogen-bond donors (Lipinski definition) is 3. The molecule has 0 saturated heterocycles. The van der Waals surface area contributed by atoms with E-state index < -0.39 is 0 Å². The third-order valence-corrected chi connectivity index (χ3v) is 3.40. The largest absolute Gasteiger partial charge is 0.350 e. The Morgan fingerprint density at radius 1 is 1.38 bits per heavy atom. The van der Waals surface area contributed by atoms with Crippen molar-refractivity contribution in [1.82, 2.24) is 20.9 Å². The molecule has 110 valence electrons. The highest BCUT2D eigenvalue weighted by molar-refractivity contribution is 5.95. The van der Waals surface area contributed by atoms with E-state index in [1.807, 2.05) is 24.3 Å². The zero-order valence-corrected chi connectivity index (χ0v) is 11.7. The van der Waals surface area contributed by atoms with Gasteiger partial charge in [0.2, 0.25) is 0 Å². The van der Waals surface area contributed by atoms with Gasteiger partial charge in [0.25, 0.3) is 5.91 Å². The smallest absolute Gasteiger partial charge is 0.267 e. The molecule has 1 aromatic heterocycles. The predicted molar refractivity (Wildman–Crippen MR) is 80.6 cm³/mol. The maximum atomic E-state index is 12.1. The number of amides is 1. The van der Waals surface area contributed by atoms with Crippen LogP contribution in [0.15, 0.2) is 41.2 Å². The van der Waals surface area contributed by atoms with E-state index in [1.165, 1.54) is 12.8 Å². The van der Waals surface area contributed by atoms with E-state index in [4.69, 9.17) is 0 Å². The lowest BCUT2D eigenvalue weighted by molar-refractivity contribution is -0.117. The number of carbonyl (C=O) groups excluding carboxylic acids is 1. The Bertz CT molecular complexity index is 550. The van der Waals surface area contributed by atoms with E-state index in [0.717, 1.165) is 12.1 Å². The van der Waals surface area contributed by atoms with Crippen molar-refractivity contribution in [2.75, 3.05) is 6.54 Å². The Balaban J connectivity index is 1.47. The van der Waals surface area contributed by atoms with Crippen molar-refractivity contribution in [3.8, 4) is 0 Å². The molecule has 1 atom stereocenters. The molecule has 1 aromatic rings. The molecule has 2 aliphatic rings. The van der Waals surface area contributed by atoms with Crippen LogP contribution in [0.5, 0.6) is 0 Å². The summed E-state index contributed by atoms with van der Waals surface area (Å²) in [6.07, 6.45) is 8.17. The Labute approximate surface area is 123 Å². The zero-order chi connectivity index (χ0) is 14.5. The molecule has 1 aliphatic carbocycles. The van der Waals surface area contributed by atoms with Crippen LogP contribution in [0, 0.1) is 0 Å². The van der Waals surface area contributed by atoms with Gasteiger partial charge in [-0.05, 0) is 31.1 Å². The fraction of sp³-hybridized carbons (Fsp3) is 0.400. The SMILES string of the molecule is O=C(NCCc1ccccn1)C1=CC(NC2CC2)N=CN1. The number of hydrogen-bond acceptors (Lipinski definition) is 5. The summed E-state index contributed by atoms with van der Waals surface area (Å²) in [6, 6.07) is 6.33. The van der Waals surface area contributed by atoms with Crippen LogP contribution in [0.2, 0.25) is 0 Å². The molecule has 0 spiro atoms. The van der Waals surface area contributed by atoms with Crippen LogP contribution in [0.1, 0.15) is 18.5 Å². The molecule has 1 fully saturated rings. The van der Waals surface area contributed by atoms with Crippen molar-refractivity contribution < 1.29 is 4.79 Å². The van der Waals surface area contributed by atoms with Crippen LogP contribution >= 0.6 is 0 Å². The summed E-state index contributed by atoms with van der Waals surface area (Å²) in [4.78, 5) is 20.6. The van der Waals surface area contributed by atoms with Gasteiger partial charge in [0.15, 0.2) is 0 Å². The average Bonchev–Trinajstić information content (AvgIpc) is 3.32. The van der Waals surface area contributed by atoms with E-state index in [0.29, 0.717) is 18.3 Å². The molecule has 1 amide bonds. The number of aliphatic imine (C=N–C) groups is 1. The monoisotopic (exact) mass is 285 g/mol. The van der Waals surface area contributed by atoms with E-state index in [1.54, 1.807) is 12.5 Å². The number of pyridine rings is 1. The van der Waals surface area contributed by atoms with Gasteiger partial charge in [-0.2, -0.15) is 0 Å². The minimum Gasteiger partial charge on any atom is -0.350 e. The van der Waals surface area contributed by atoms with Crippen LogP contribution < -0.4 is 16.0 Å². The fourth-order valence-electron chi connectivity index (χ4n) is 2.11. The second kappa shape index (κ2) is 6.49. The van der Waals surface area contributed by atoms with Gasteiger partial charge in [0, 0.05) is 30.9 Å². The molecule has 0 bridgehead atoms. The predicted octanol–water partition coefficient (Wildman–Crippen LogP) is 0.334. The number of rotatable bonds is 6. The average molecular weight is 285 g/mol. The number of carbonyl (C=O) groups is 1. The third-order valence-electron chi connectivity index (χ3n) is 3.40. The first-order valence-corrected chi connectivity index (χ1v) is 7.25. The Morgan fingerprint density at radius 3 is 3.05 bits per heavy atom. The van der Waals surface area contributed by atoms with E-state index in [-0.39, 0.29) is 12.1 Å². The first-order valence-electron chi connectivity index (χ1n) is 7.25. The quantitative estimate of drug-likeness (QED) is 0.704. The van der Waals surface area contributed by atoms with E-state index in [2.05, 4.69) is 25.9 Å². The van der Waals surface area contributed by atoms with E-state index in [9.17, 15) is 4.79 Å². The summed E-state index contributed by atoms with van der Waals surface area (Å²) in [6.45, 7) is 0.562. The molecule has 2 heterocycles. The van der Waals surface area contributed by atoms with Gasteiger partial charge in [0.05, 0.1) is 6.34 Å². The van der Waals surface area contributed by atoms with Gasteiger partial charge in [-0.15, -0.1) is 0 Å². The molecule has 0 aromatic carbocycles. The maximum absolute atomic E-state index is 12.1. The lowest BCUT2D eigenvalue weighted by Gasteiger charge is -2.17. The normalized spacial score (nSPS) is 20.6. The van der Waals surface area contributed by atoms with Crippen molar-refractivity contribution in [2.24, 2.45) is 4.99 Å². The van der Waals surface area contributed by atoms with E-state index >= 15 is 0 Å². The molecule has 1 unspecified atom stereocenters. The Hall–Kier alpha value is -2.21. The molecular weight excluding hydrogens is 266 g/mol. The third kappa shape index (κ3) is 4.13. The Kier molecular flexibility index (Phi) is 4.25. The van der Waals surface area contributed by atoms with Crippen molar-refractivity contribution in [3.05, 3.63) is 41.9 Å². The van der Waals surface area contributed by atoms with Crippen molar-refractivity contribution in [1.29, 1.82) is 0 Å². The summed E-state index contributed by atoms with van der Waals surface area (Å²) in [5.41, 5.74) is 1.52. The topological polar surface area (TPSA) is 78.4 Å². The highest BCUT2D eigenvalue weighted by Crippen LogP contribution is 2.20.